The minimum atomic E-state index is 0.469. The Labute approximate surface area is 115 Å². The third kappa shape index (κ3) is 2.67. The molecule has 1 aliphatic carbocycles. The van der Waals surface area contributed by atoms with Crippen molar-refractivity contribution in [3.63, 3.8) is 0 Å². The Hall–Kier alpha value is -1.70. The van der Waals surface area contributed by atoms with Crippen molar-refractivity contribution in [2.24, 2.45) is 5.92 Å². The minimum absolute atomic E-state index is 0.469. The summed E-state index contributed by atoms with van der Waals surface area (Å²) in [6, 6.07) is 8.40. The normalized spacial score (nSPS) is 22.5. The van der Waals surface area contributed by atoms with Gasteiger partial charge in [0, 0.05) is 19.0 Å². The Morgan fingerprint density at radius 3 is 2.74 bits per heavy atom. The molecule has 1 saturated heterocycles. The lowest BCUT2D eigenvalue weighted by Crippen LogP contribution is -2.19. The third-order valence-electron chi connectivity index (χ3n) is 3.91. The highest BCUT2D eigenvalue weighted by molar-refractivity contribution is 5.59. The highest BCUT2D eigenvalue weighted by atomic mass is 16.5. The molecular weight excluding hydrogens is 234 g/mol. The summed E-state index contributed by atoms with van der Waals surface area (Å²) in [5, 5.41) is 0. The smallest absolute Gasteiger partial charge is 0.150 e. The van der Waals surface area contributed by atoms with Gasteiger partial charge in [-0.15, -0.1) is 0 Å². The number of hydrogen-bond donors (Lipinski definition) is 0. The van der Waals surface area contributed by atoms with Gasteiger partial charge in [-0.25, -0.2) is 0 Å². The fourth-order valence-corrected chi connectivity index (χ4v) is 2.75. The number of benzene rings is 1. The molecule has 19 heavy (non-hydrogen) atoms. The van der Waals surface area contributed by atoms with Crippen molar-refractivity contribution in [2.45, 2.75) is 26.2 Å². The topological polar surface area (TPSA) is 12.5 Å². The zero-order valence-electron chi connectivity index (χ0n) is 11.5. The zero-order valence-corrected chi connectivity index (χ0v) is 11.5. The molecule has 0 amide bonds. The first-order valence-electron chi connectivity index (χ1n) is 7.23. The van der Waals surface area contributed by atoms with Crippen LogP contribution in [0.3, 0.4) is 0 Å². The summed E-state index contributed by atoms with van der Waals surface area (Å²) in [6.45, 7) is 4.51. The predicted octanol–water partition coefficient (Wildman–Crippen LogP) is 4.15. The standard InChI is InChI=1S/C17H21NO/c1-14-8-2-4-10-16(14)19-17-11-5-3-9-15(17)18-12-6-7-13-18/h2-5,9-11,14H,6-8,12-13H2,1H3. The summed E-state index contributed by atoms with van der Waals surface area (Å²) in [6.07, 6.45) is 10.0. The van der Waals surface area contributed by atoms with Crippen LogP contribution in [0.15, 0.2) is 48.3 Å². The minimum Gasteiger partial charge on any atom is -0.459 e. The first-order valence-corrected chi connectivity index (χ1v) is 7.23. The molecule has 0 bridgehead atoms. The van der Waals surface area contributed by atoms with Crippen molar-refractivity contribution in [3.8, 4) is 5.75 Å². The van der Waals surface area contributed by atoms with Gasteiger partial charge in [-0.05, 0) is 37.5 Å². The molecule has 1 aliphatic heterocycles. The van der Waals surface area contributed by atoms with E-state index in [0.29, 0.717) is 5.92 Å². The number of ether oxygens (including phenoxy) is 1. The van der Waals surface area contributed by atoms with Crippen molar-refractivity contribution in [2.75, 3.05) is 18.0 Å². The van der Waals surface area contributed by atoms with Crippen LogP contribution in [0.25, 0.3) is 0 Å². The molecular formula is C17H21NO. The van der Waals surface area contributed by atoms with Gasteiger partial charge in [0.15, 0.2) is 0 Å². The number of hydrogen-bond acceptors (Lipinski definition) is 2. The Balaban J connectivity index is 1.84. The van der Waals surface area contributed by atoms with Gasteiger partial charge in [0.1, 0.15) is 11.5 Å². The van der Waals surface area contributed by atoms with Crippen LogP contribution in [0.1, 0.15) is 26.2 Å². The van der Waals surface area contributed by atoms with Gasteiger partial charge in [-0.1, -0.05) is 31.2 Å². The molecule has 2 aliphatic rings. The van der Waals surface area contributed by atoms with Crippen molar-refractivity contribution >= 4 is 5.69 Å². The van der Waals surface area contributed by atoms with Crippen LogP contribution in [-0.4, -0.2) is 13.1 Å². The molecule has 1 heterocycles. The van der Waals surface area contributed by atoms with Crippen LogP contribution >= 0.6 is 0 Å². The molecule has 1 aromatic carbocycles. The van der Waals surface area contributed by atoms with E-state index in [9.17, 15) is 0 Å². The number of nitrogens with zero attached hydrogens (tertiary/aromatic N) is 1. The second-order valence-corrected chi connectivity index (χ2v) is 5.40. The van der Waals surface area contributed by atoms with E-state index in [4.69, 9.17) is 4.74 Å². The van der Waals surface area contributed by atoms with Gasteiger partial charge in [0.05, 0.1) is 5.69 Å². The summed E-state index contributed by atoms with van der Waals surface area (Å²) in [4.78, 5) is 2.43. The fourth-order valence-electron chi connectivity index (χ4n) is 2.75. The molecule has 2 nitrogen and oxygen atoms in total. The van der Waals surface area contributed by atoms with E-state index in [-0.39, 0.29) is 0 Å². The van der Waals surface area contributed by atoms with E-state index in [0.717, 1.165) is 31.0 Å². The van der Waals surface area contributed by atoms with Crippen LogP contribution in [-0.2, 0) is 0 Å². The molecule has 0 spiro atoms. The molecule has 0 aromatic heterocycles. The maximum atomic E-state index is 6.18. The summed E-state index contributed by atoms with van der Waals surface area (Å²) in [5.41, 5.74) is 1.24. The Bertz CT molecular complexity index is 498. The Morgan fingerprint density at radius 1 is 1.16 bits per heavy atom. The highest BCUT2D eigenvalue weighted by Crippen LogP contribution is 2.33. The Morgan fingerprint density at radius 2 is 1.95 bits per heavy atom. The van der Waals surface area contributed by atoms with E-state index in [1.165, 1.54) is 18.5 Å². The lowest BCUT2D eigenvalue weighted by atomic mass is 10.0. The number of allylic oxidation sites excluding steroid dienone is 4. The van der Waals surface area contributed by atoms with Gasteiger partial charge in [-0.2, -0.15) is 0 Å². The molecule has 1 aromatic rings. The van der Waals surface area contributed by atoms with Crippen molar-refractivity contribution in [1.82, 2.24) is 0 Å². The van der Waals surface area contributed by atoms with E-state index in [1.807, 2.05) is 0 Å². The van der Waals surface area contributed by atoms with E-state index in [2.05, 4.69) is 54.3 Å². The molecule has 1 fully saturated rings. The van der Waals surface area contributed by atoms with Gasteiger partial charge >= 0.3 is 0 Å². The molecule has 0 saturated carbocycles. The second kappa shape index (κ2) is 5.52. The summed E-state index contributed by atoms with van der Waals surface area (Å²) in [5.74, 6) is 2.54. The number of rotatable bonds is 3. The maximum Gasteiger partial charge on any atom is 0.150 e. The molecule has 2 heteroatoms. The van der Waals surface area contributed by atoms with Crippen molar-refractivity contribution < 1.29 is 4.74 Å². The highest BCUT2D eigenvalue weighted by Gasteiger charge is 2.18. The molecule has 0 radical (unpaired) electrons. The largest absolute Gasteiger partial charge is 0.459 e. The number of anilines is 1. The average molecular weight is 255 g/mol. The monoisotopic (exact) mass is 255 g/mol. The van der Waals surface area contributed by atoms with Gasteiger partial charge in [-0.3, -0.25) is 0 Å². The first kappa shape index (κ1) is 12.3. The summed E-state index contributed by atoms with van der Waals surface area (Å²) in [7, 11) is 0. The predicted molar refractivity (Wildman–Crippen MR) is 79.5 cm³/mol. The lowest BCUT2D eigenvalue weighted by molar-refractivity contribution is 0.356. The first-order chi connectivity index (χ1) is 9.34. The molecule has 0 N–H and O–H groups in total. The number of para-hydroxylation sites is 2. The van der Waals surface area contributed by atoms with Crippen molar-refractivity contribution in [3.05, 3.63) is 48.3 Å². The summed E-state index contributed by atoms with van der Waals surface area (Å²) >= 11 is 0. The average Bonchev–Trinajstić information content (AvgIpc) is 2.96. The van der Waals surface area contributed by atoms with Crippen LogP contribution in [0.4, 0.5) is 5.69 Å². The van der Waals surface area contributed by atoms with E-state index < -0.39 is 0 Å². The fraction of sp³-hybridized carbons (Fsp3) is 0.412. The zero-order chi connectivity index (χ0) is 13.1. The quantitative estimate of drug-likeness (QED) is 0.804. The van der Waals surface area contributed by atoms with E-state index in [1.54, 1.807) is 0 Å². The van der Waals surface area contributed by atoms with Gasteiger partial charge < -0.3 is 9.64 Å². The van der Waals surface area contributed by atoms with Gasteiger partial charge in [0.2, 0.25) is 0 Å². The molecule has 3 rings (SSSR count). The van der Waals surface area contributed by atoms with Crippen LogP contribution in [0.2, 0.25) is 0 Å². The summed E-state index contributed by atoms with van der Waals surface area (Å²) < 4.78 is 6.18. The lowest BCUT2D eigenvalue weighted by Gasteiger charge is -2.24. The van der Waals surface area contributed by atoms with Crippen LogP contribution in [0, 0.1) is 5.92 Å². The van der Waals surface area contributed by atoms with E-state index >= 15 is 0 Å². The Kier molecular flexibility index (Phi) is 3.58. The second-order valence-electron chi connectivity index (χ2n) is 5.40. The maximum absolute atomic E-state index is 6.18. The van der Waals surface area contributed by atoms with Gasteiger partial charge in [0.25, 0.3) is 0 Å². The molecule has 100 valence electrons. The van der Waals surface area contributed by atoms with Crippen molar-refractivity contribution in [1.29, 1.82) is 0 Å². The van der Waals surface area contributed by atoms with Crippen LogP contribution < -0.4 is 9.64 Å². The third-order valence-corrected chi connectivity index (χ3v) is 3.91. The SMILES string of the molecule is CC1CC=CC=C1Oc1ccccc1N1CCCC1. The van der Waals surface area contributed by atoms with Crippen LogP contribution in [0.5, 0.6) is 5.75 Å². The molecule has 1 atom stereocenters. The molecule has 1 unspecified atom stereocenters.